The molecule has 1 atom stereocenters. The lowest BCUT2D eigenvalue weighted by molar-refractivity contribution is 0.0895. The molecule has 7 heteroatoms. The number of nitrogens with one attached hydrogen (secondary N) is 1. The molecular weight excluding hydrogens is 364 g/mol. The Labute approximate surface area is 160 Å². The average Bonchev–Trinajstić information content (AvgIpc) is 3.17. The van der Waals surface area contributed by atoms with Gasteiger partial charge in [-0.3, -0.25) is 9.69 Å². The Bertz CT molecular complexity index is 869. The van der Waals surface area contributed by atoms with Gasteiger partial charge in [-0.05, 0) is 62.2 Å². The van der Waals surface area contributed by atoms with Gasteiger partial charge in [0.05, 0.1) is 17.2 Å². The molecule has 0 saturated carbocycles. The van der Waals surface area contributed by atoms with Gasteiger partial charge in [0, 0.05) is 18.4 Å². The minimum Gasteiger partial charge on any atom is -0.468 e. The molecule has 0 spiro atoms. The van der Waals surface area contributed by atoms with E-state index in [0.717, 1.165) is 37.9 Å². The number of carbonyl (C=O) groups excluding carboxylic acids is 1. The van der Waals surface area contributed by atoms with Crippen molar-refractivity contribution in [2.45, 2.75) is 30.7 Å². The fourth-order valence-electron chi connectivity index (χ4n) is 3.39. The molecule has 1 saturated heterocycles. The number of carbonyl (C=O) groups is 1. The van der Waals surface area contributed by atoms with Gasteiger partial charge in [0.1, 0.15) is 5.76 Å². The Hall–Kier alpha value is -2.12. The summed E-state index contributed by atoms with van der Waals surface area (Å²) in [5.41, 5.74) is 0.336. The van der Waals surface area contributed by atoms with Crippen LogP contribution in [-0.2, 0) is 9.84 Å². The normalized spacial score (nSPS) is 17.6. The fraction of sp³-hybridized carbons (Fsp3) is 0.450. The van der Waals surface area contributed by atoms with Gasteiger partial charge in [0.25, 0.3) is 5.91 Å². The van der Waals surface area contributed by atoms with Crippen molar-refractivity contribution in [2.24, 2.45) is 5.92 Å². The SMILES string of the molecule is CC1CCN(C(CNC(=O)c2cccc(S(C)(=O)=O)c2)c2ccco2)CC1. The summed E-state index contributed by atoms with van der Waals surface area (Å²) in [7, 11) is -3.35. The van der Waals surface area contributed by atoms with Crippen LogP contribution in [0.25, 0.3) is 0 Å². The Balaban J connectivity index is 1.71. The van der Waals surface area contributed by atoms with Gasteiger partial charge in [0.2, 0.25) is 0 Å². The van der Waals surface area contributed by atoms with Crippen molar-refractivity contribution < 1.29 is 17.6 Å². The van der Waals surface area contributed by atoms with E-state index < -0.39 is 9.84 Å². The number of furan rings is 1. The van der Waals surface area contributed by atoms with Gasteiger partial charge in [-0.2, -0.15) is 0 Å². The van der Waals surface area contributed by atoms with Gasteiger partial charge in [0.15, 0.2) is 9.84 Å². The van der Waals surface area contributed by atoms with E-state index in [-0.39, 0.29) is 16.8 Å². The molecule has 1 aliphatic rings. The lowest BCUT2D eigenvalue weighted by atomic mass is 9.97. The number of sulfone groups is 1. The molecule has 1 unspecified atom stereocenters. The Morgan fingerprint density at radius 3 is 2.63 bits per heavy atom. The number of amides is 1. The molecule has 1 N–H and O–H groups in total. The largest absolute Gasteiger partial charge is 0.468 e. The van der Waals surface area contributed by atoms with E-state index in [0.29, 0.717) is 18.0 Å². The van der Waals surface area contributed by atoms with Crippen LogP contribution in [0, 0.1) is 5.92 Å². The van der Waals surface area contributed by atoms with E-state index >= 15 is 0 Å². The lowest BCUT2D eigenvalue weighted by Gasteiger charge is -2.35. The molecule has 2 heterocycles. The third-order valence-corrected chi connectivity index (χ3v) is 6.22. The van der Waals surface area contributed by atoms with Crippen molar-refractivity contribution in [2.75, 3.05) is 25.9 Å². The summed E-state index contributed by atoms with van der Waals surface area (Å²) in [6.45, 7) is 4.59. The lowest BCUT2D eigenvalue weighted by Crippen LogP contribution is -2.41. The first kappa shape index (κ1) is 19.6. The van der Waals surface area contributed by atoms with Crippen LogP contribution in [0.4, 0.5) is 0 Å². The third-order valence-electron chi connectivity index (χ3n) is 5.11. The second-order valence-corrected chi connectivity index (χ2v) is 9.28. The zero-order valence-corrected chi connectivity index (χ0v) is 16.5. The number of benzene rings is 1. The van der Waals surface area contributed by atoms with E-state index in [2.05, 4.69) is 17.1 Å². The van der Waals surface area contributed by atoms with Gasteiger partial charge in [-0.1, -0.05) is 13.0 Å². The van der Waals surface area contributed by atoms with Crippen molar-refractivity contribution in [3.05, 3.63) is 54.0 Å². The number of hydrogen-bond acceptors (Lipinski definition) is 5. The number of nitrogens with zero attached hydrogens (tertiary/aromatic N) is 1. The zero-order chi connectivity index (χ0) is 19.4. The van der Waals surface area contributed by atoms with Crippen molar-refractivity contribution in [3.63, 3.8) is 0 Å². The average molecular weight is 391 g/mol. The van der Waals surface area contributed by atoms with E-state index in [4.69, 9.17) is 4.42 Å². The molecule has 146 valence electrons. The highest BCUT2D eigenvalue weighted by atomic mass is 32.2. The molecular formula is C20H26N2O4S. The first-order chi connectivity index (χ1) is 12.8. The van der Waals surface area contributed by atoms with Gasteiger partial charge in [-0.25, -0.2) is 8.42 Å². The molecule has 3 rings (SSSR count). The van der Waals surface area contributed by atoms with E-state index in [1.54, 1.807) is 18.4 Å². The van der Waals surface area contributed by atoms with Crippen LogP contribution in [0.15, 0.2) is 52.0 Å². The third kappa shape index (κ3) is 4.99. The molecule has 1 amide bonds. The van der Waals surface area contributed by atoms with Crippen molar-refractivity contribution in [1.82, 2.24) is 10.2 Å². The highest BCUT2D eigenvalue weighted by Gasteiger charge is 2.27. The molecule has 0 bridgehead atoms. The van der Waals surface area contributed by atoms with Crippen molar-refractivity contribution >= 4 is 15.7 Å². The summed E-state index contributed by atoms with van der Waals surface area (Å²) in [6.07, 6.45) is 5.03. The first-order valence-electron chi connectivity index (χ1n) is 9.20. The Kier molecular flexibility index (Phi) is 6.01. The van der Waals surface area contributed by atoms with Crippen molar-refractivity contribution in [3.8, 4) is 0 Å². The summed E-state index contributed by atoms with van der Waals surface area (Å²) >= 11 is 0. The van der Waals surface area contributed by atoms with Crippen LogP contribution in [0.1, 0.15) is 41.9 Å². The van der Waals surface area contributed by atoms with Crippen LogP contribution in [0.3, 0.4) is 0 Å². The number of piperidine rings is 1. The maximum atomic E-state index is 12.6. The van der Waals surface area contributed by atoms with Gasteiger partial charge in [-0.15, -0.1) is 0 Å². The van der Waals surface area contributed by atoms with Crippen LogP contribution >= 0.6 is 0 Å². The highest BCUT2D eigenvalue weighted by molar-refractivity contribution is 7.90. The molecule has 2 aromatic rings. The number of rotatable bonds is 6. The van der Waals surface area contributed by atoms with Crippen molar-refractivity contribution in [1.29, 1.82) is 0 Å². The number of hydrogen-bond donors (Lipinski definition) is 1. The molecule has 27 heavy (non-hydrogen) atoms. The zero-order valence-electron chi connectivity index (χ0n) is 15.7. The molecule has 6 nitrogen and oxygen atoms in total. The molecule has 1 aliphatic heterocycles. The maximum Gasteiger partial charge on any atom is 0.251 e. The highest BCUT2D eigenvalue weighted by Crippen LogP contribution is 2.26. The second-order valence-electron chi connectivity index (χ2n) is 7.26. The summed E-state index contributed by atoms with van der Waals surface area (Å²) < 4.78 is 29.0. The Morgan fingerprint density at radius 1 is 1.26 bits per heavy atom. The van der Waals surface area contributed by atoms with Crippen LogP contribution in [0.2, 0.25) is 0 Å². The monoisotopic (exact) mass is 390 g/mol. The van der Waals surface area contributed by atoms with Gasteiger partial charge >= 0.3 is 0 Å². The molecule has 0 aliphatic carbocycles. The summed E-state index contributed by atoms with van der Waals surface area (Å²) in [5, 5.41) is 2.94. The summed E-state index contributed by atoms with van der Waals surface area (Å²) in [6, 6.07) is 9.86. The van der Waals surface area contributed by atoms with E-state index in [1.165, 1.54) is 12.1 Å². The van der Waals surface area contributed by atoms with Crippen LogP contribution in [0.5, 0.6) is 0 Å². The quantitative estimate of drug-likeness (QED) is 0.820. The number of likely N-dealkylation sites (tertiary alicyclic amines) is 1. The smallest absolute Gasteiger partial charge is 0.251 e. The van der Waals surface area contributed by atoms with Crippen LogP contribution < -0.4 is 5.32 Å². The molecule has 0 radical (unpaired) electrons. The molecule has 1 aromatic carbocycles. The summed E-state index contributed by atoms with van der Waals surface area (Å²) in [4.78, 5) is 15.1. The Morgan fingerprint density at radius 2 is 2.00 bits per heavy atom. The second kappa shape index (κ2) is 8.27. The first-order valence-corrected chi connectivity index (χ1v) is 11.1. The molecule has 1 fully saturated rings. The molecule has 1 aromatic heterocycles. The summed E-state index contributed by atoms with van der Waals surface area (Å²) in [5.74, 6) is 1.25. The van der Waals surface area contributed by atoms with Crippen LogP contribution in [-0.4, -0.2) is 45.1 Å². The van der Waals surface area contributed by atoms with E-state index in [9.17, 15) is 13.2 Å². The maximum absolute atomic E-state index is 12.6. The van der Waals surface area contributed by atoms with E-state index in [1.807, 2.05) is 12.1 Å². The predicted octanol–water partition coefficient (Wildman–Crippen LogP) is 2.89. The standard InChI is InChI=1S/C20H26N2O4S/c1-15-8-10-22(11-9-15)18(19-7-4-12-26-19)14-21-20(23)16-5-3-6-17(13-16)27(2,24)25/h3-7,12-13,15,18H,8-11,14H2,1-2H3,(H,21,23). The minimum absolute atomic E-state index is 0.0328. The van der Waals surface area contributed by atoms with Gasteiger partial charge < -0.3 is 9.73 Å². The topological polar surface area (TPSA) is 79.6 Å². The minimum atomic E-state index is -3.35. The fourth-order valence-corrected chi connectivity index (χ4v) is 4.06. The predicted molar refractivity (Wildman–Crippen MR) is 103 cm³/mol.